The summed E-state index contributed by atoms with van der Waals surface area (Å²) in [4.78, 5) is 5.24. The monoisotopic (exact) mass is 411 g/mol. The standard InChI is InChI=1S/C28H45NO/c1-18(2)19(3)7-8-20(4)24-13-16-29-26-23-10-9-21-17-22(30)11-14-27(21,5)25(23)12-15-28(24,26)6/h18,20-22,24,30H,3,7-17H2,1-2,4-6H3/t20?,21-,22-,24?,27-,28+/m0/s1. The molecule has 0 saturated heterocycles. The smallest absolute Gasteiger partial charge is 0.0543 e. The van der Waals surface area contributed by atoms with Crippen molar-refractivity contribution in [1.82, 2.24) is 0 Å². The van der Waals surface area contributed by atoms with Gasteiger partial charge in [0.15, 0.2) is 0 Å². The van der Waals surface area contributed by atoms with Crippen LogP contribution in [0.1, 0.15) is 98.8 Å². The van der Waals surface area contributed by atoms with Crippen molar-refractivity contribution in [2.45, 2.75) is 105 Å². The Morgan fingerprint density at radius 1 is 1.10 bits per heavy atom. The molecule has 0 aromatic rings. The molecular formula is C28H45NO. The van der Waals surface area contributed by atoms with Crippen molar-refractivity contribution >= 4 is 5.71 Å². The highest BCUT2D eigenvalue weighted by Crippen LogP contribution is 2.60. The van der Waals surface area contributed by atoms with Crippen LogP contribution in [0, 0.1) is 34.5 Å². The van der Waals surface area contributed by atoms with Gasteiger partial charge in [0.25, 0.3) is 0 Å². The fourth-order valence-corrected chi connectivity index (χ4v) is 7.66. The van der Waals surface area contributed by atoms with E-state index in [1.165, 1.54) is 62.7 Å². The quantitative estimate of drug-likeness (QED) is 0.479. The van der Waals surface area contributed by atoms with Crippen LogP contribution < -0.4 is 0 Å². The van der Waals surface area contributed by atoms with Crippen molar-refractivity contribution in [2.75, 3.05) is 6.54 Å². The maximum absolute atomic E-state index is 10.3. The first-order chi connectivity index (χ1) is 14.2. The minimum absolute atomic E-state index is 0.0723. The lowest BCUT2D eigenvalue weighted by Gasteiger charge is -2.55. The Kier molecular flexibility index (Phi) is 6.12. The van der Waals surface area contributed by atoms with Crippen LogP contribution >= 0.6 is 0 Å². The van der Waals surface area contributed by atoms with Crippen LogP contribution in [0.3, 0.4) is 0 Å². The molecule has 4 rings (SSSR count). The van der Waals surface area contributed by atoms with Crippen LogP contribution in [0.25, 0.3) is 0 Å². The number of fused-ring (bicyclic) bond motifs is 4. The topological polar surface area (TPSA) is 32.6 Å². The molecule has 30 heavy (non-hydrogen) atoms. The molecule has 0 aromatic heterocycles. The van der Waals surface area contributed by atoms with E-state index in [-0.39, 0.29) is 11.5 Å². The molecule has 1 aliphatic heterocycles. The van der Waals surface area contributed by atoms with Crippen LogP contribution in [-0.2, 0) is 0 Å². The lowest BCUT2D eigenvalue weighted by Crippen LogP contribution is -2.50. The second kappa shape index (κ2) is 8.23. The summed E-state index contributed by atoms with van der Waals surface area (Å²) < 4.78 is 0. The van der Waals surface area contributed by atoms with Gasteiger partial charge in [0.1, 0.15) is 0 Å². The first-order valence-corrected chi connectivity index (χ1v) is 12.8. The zero-order valence-electron chi connectivity index (χ0n) is 20.3. The summed E-state index contributed by atoms with van der Waals surface area (Å²) in [6, 6.07) is 0. The second-order valence-electron chi connectivity index (χ2n) is 11.9. The molecule has 2 nitrogen and oxygen atoms in total. The average molecular weight is 412 g/mol. The van der Waals surface area contributed by atoms with Gasteiger partial charge in [-0.05, 0) is 98.9 Å². The molecule has 0 spiro atoms. The van der Waals surface area contributed by atoms with Gasteiger partial charge in [0, 0.05) is 17.7 Å². The summed E-state index contributed by atoms with van der Waals surface area (Å²) in [6.07, 6.45) is 11.8. The van der Waals surface area contributed by atoms with Gasteiger partial charge < -0.3 is 5.11 Å². The van der Waals surface area contributed by atoms with E-state index in [2.05, 4.69) is 41.2 Å². The Morgan fingerprint density at radius 3 is 2.60 bits per heavy atom. The van der Waals surface area contributed by atoms with E-state index in [1.807, 2.05) is 0 Å². The Hall–Kier alpha value is -0.890. The molecule has 0 amide bonds. The molecule has 1 heterocycles. The van der Waals surface area contributed by atoms with E-state index >= 15 is 0 Å². The van der Waals surface area contributed by atoms with Gasteiger partial charge in [0.05, 0.1) is 6.10 Å². The normalized spacial score (nSPS) is 39.7. The fraction of sp³-hybridized carbons (Fsp3) is 0.821. The first kappa shape index (κ1) is 22.3. The summed E-state index contributed by atoms with van der Waals surface area (Å²) in [6.45, 7) is 17.4. The zero-order chi connectivity index (χ0) is 21.7. The van der Waals surface area contributed by atoms with Crippen LogP contribution in [0.4, 0.5) is 0 Å². The molecule has 0 radical (unpaired) electrons. The fourth-order valence-electron chi connectivity index (χ4n) is 7.66. The van der Waals surface area contributed by atoms with E-state index in [9.17, 15) is 5.11 Å². The molecule has 0 aromatic carbocycles. The number of aliphatic imine (C=N–C) groups is 1. The predicted molar refractivity (Wildman–Crippen MR) is 128 cm³/mol. The van der Waals surface area contributed by atoms with Gasteiger partial charge in [-0.3, -0.25) is 4.99 Å². The number of hydrogen-bond acceptors (Lipinski definition) is 2. The van der Waals surface area contributed by atoms with E-state index in [0.717, 1.165) is 31.2 Å². The molecule has 1 fully saturated rings. The first-order valence-electron chi connectivity index (χ1n) is 12.8. The molecule has 2 heteroatoms. The van der Waals surface area contributed by atoms with Crippen LogP contribution in [0.2, 0.25) is 0 Å². The summed E-state index contributed by atoms with van der Waals surface area (Å²) in [5.41, 5.74) is 6.87. The summed E-state index contributed by atoms with van der Waals surface area (Å²) >= 11 is 0. The van der Waals surface area contributed by atoms with Gasteiger partial charge in [-0.25, -0.2) is 0 Å². The highest BCUT2D eigenvalue weighted by atomic mass is 16.3. The van der Waals surface area contributed by atoms with Gasteiger partial charge in [-0.15, -0.1) is 0 Å². The third-order valence-corrected chi connectivity index (χ3v) is 9.92. The third kappa shape index (κ3) is 3.65. The largest absolute Gasteiger partial charge is 0.393 e. The van der Waals surface area contributed by atoms with Crippen LogP contribution in [0.15, 0.2) is 28.3 Å². The molecular weight excluding hydrogens is 366 g/mol. The van der Waals surface area contributed by atoms with Crippen molar-refractivity contribution in [3.63, 3.8) is 0 Å². The lowest BCUT2D eigenvalue weighted by atomic mass is 9.50. The molecule has 3 aliphatic carbocycles. The Bertz CT molecular complexity index is 746. The minimum Gasteiger partial charge on any atom is -0.393 e. The number of aliphatic hydroxyl groups excluding tert-OH is 1. The van der Waals surface area contributed by atoms with E-state index in [0.29, 0.717) is 17.3 Å². The molecule has 168 valence electrons. The van der Waals surface area contributed by atoms with E-state index in [4.69, 9.17) is 4.99 Å². The average Bonchev–Trinajstić information content (AvgIpc) is 2.71. The minimum atomic E-state index is -0.0723. The van der Waals surface area contributed by atoms with Gasteiger partial charge in [-0.2, -0.15) is 0 Å². The van der Waals surface area contributed by atoms with Crippen LogP contribution in [-0.4, -0.2) is 23.5 Å². The summed E-state index contributed by atoms with van der Waals surface area (Å²) in [5.74, 6) is 2.75. The molecule has 4 aliphatic rings. The van der Waals surface area contributed by atoms with Crippen molar-refractivity contribution in [2.24, 2.45) is 39.5 Å². The third-order valence-electron chi connectivity index (χ3n) is 9.92. The predicted octanol–water partition coefficient (Wildman–Crippen LogP) is 7.13. The van der Waals surface area contributed by atoms with Crippen molar-refractivity contribution < 1.29 is 5.11 Å². The molecule has 1 saturated carbocycles. The van der Waals surface area contributed by atoms with Gasteiger partial charge in [0.2, 0.25) is 0 Å². The Labute approximate surface area is 185 Å². The zero-order valence-corrected chi connectivity index (χ0v) is 20.3. The maximum Gasteiger partial charge on any atom is 0.0543 e. The number of hydrogen-bond donors (Lipinski definition) is 1. The van der Waals surface area contributed by atoms with Crippen molar-refractivity contribution in [3.05, 3.63) is 23.3 Å². The molecule has 6 atom stereocenters. The lowest BCUT2D eigenvalue weighted by molar-refractivity contribution is 0.0239. The number of nitrogens with zero attached hydrogens (tertiary/aromatic N) is 1. The summed E-state index contributed by atoms with van der Waals surface area (Å²) in [5, 5.41) is 10.3. The maximum atomic E-state index is 10.3. The number of allylic oxidation sites excluding steroid dienone is 3. The Morgan fingerprint density at radius 2 is 1.87 bits per heavy atom. The number of rotatable bonds is 5. The Balaban J connectivity index is 1.58. The number of aliphatic hydroxyl groups is 1. The van der Waals surface area contributed by atoms with Gasteiger partial charge >= 0.3 is 0 Å². The van der Waals surface area contributed by atoms with E-state index < -0.39 is 0 Å². The highest BCUT2D eigenvalue weighted by molar-refractivity contribution is 6.06. The summed E-state index contributed by atoms with van der Waals surface area (Å²) in [7, 11) is 0. The molecule has 1 N–H and O–H groups in total. The second-order valence-corrected chi connectivity index (χ2v) is 11.9. The molecule has 2 unspecified atom stereocenters. The highest BCUT2D eigenvalue weighted by Gasteiger charge is 2.52. The van der Waals surface area contributed by atoms with Crippen molar-refractivity contribution in [1.29, 1.82) is 0 Å². The molecule has 0 bridgehead atoms. The van der Waals surface area contributed by atoms with Crippen LogP contribution in [0.5, 0.6) is 0 Å². The SMILES string of the molecule is C=C(CCC(C)C1CCN=C2C3=C(CC[C@@]21C)[C@@]1(C)CC[C@H](O)C[C@@H]1CC3)C(C)C. The van der Waals surface area contributed by atoms with E-state index in [1.54, 1.807) is 11.1 Å². The van der Waals surface area contributed by atoms with Gasteiger partial charge in [-0.1, -0.05) is 52.3 Å². The van der Waals surface area contributed by atoms with Crippen molar-refractivity contribution in [3.8, 4) is 0 Å².